The maximum atomic E-state index is 11.3. The summed E-state index contributed by atoms with van der Waals surface area (Å²) >= 11 is 35.9. The van der Waals surface area contributed by atoms with Gasteiger partial charge in [0.05, 0.1) is 53.1 Å². The summed E-state index contributed by atoms with van der Waals surface area (Å²) in [6, 6.07) is 20.1. The molecule has 73 heavy (non-hydrogen) atoms. The standard InChI is InChI=1S/3C15H13Cl2N3O2.C7H16/c16-11-2-1-9(5-12(11)17)13-6-14(19-8-18-13)20-4-3-10(7-20)15(21)22;2*16-10-4-3-9(6-11(10)17)12-7-14(19-8-18-12)20-5-1-2-13(20)15(21)22;1-5-7(4)6(2)3/h1-2,5-6,8,10H,3-4,7H2,(H,21,22);2*3-4,6-8,13H,1-2,5H2,(H,21,22);6-7H,5H2,1-4H3/t;13-;;/m.0../s1. The first-order valence-corrected chi connectivity index (χ1v) is 25.9. The van der Waals surface area contributed by atoms with E-state index in [2.05, 4.69) is 57.6 Å². The number of hydrogen-bond acceptors (Lipinski definition) is 12. The maximum Gasteiger partial charge on any atom is 0.326 e. The molecule has 15 nitrogen and oxygen atoms in total. The number of anilines is 3. The molecule has 3 fully saturated rings. The van der Waals surface area contributed by atoms with Crippen molar-refractivity contribution in [1.29, 1.82) is 0 Å². The third-order valence-corrected chi connectivity index (χ3v) is 15.1. The topological polar surface area (TPSA) is 199 Å². The largest absolute Gasteiger partial charge is 0.481 e. The van der Waals surface area contributed by atoms with Gasteiger partial charge in [0.15, 0.2) is 0 Å². The van der Waals surface area contributed by atoms with Crippen LogP contribution in [0.25, 0.3) is 33.8 Å². The number of carbonyl (C=O) groups is 3. The number of carboxylic acids is 3. The van der Waals surface area contributed by atoms with E-state index in [4.69, 9.17) is 74.7 Å². The van der Waals surface area contributed by atoms with E-state index in [1.54, 1.807) is 58.3 Å². The smallest absolute Gasteiger partial charge is 0.326 e. The molecule has 3 aromatic heterocycles. The van der Waals surface area contributed by atoms with Crippen LogP contribution in [0.15, 0.2) is 91.8 Å². The second kappa shape index (κ2) is 26.6. The van der Waals surface area contributed by atoms with Crippen LogP contribution in [0.4, 0.5) is 17.5 Å². The van der Waals surface area contributed by atoms with Crippen molar-refractivity contribution in [1.82, 2.24) is 29.9 Å². The van der Waals surface area contributed by atoms with Gasteiger partial charge < -0.3 is 30.0 Å². The molecule has 386 valence electrons. The summed E-state index contributed by atoms with van der Waals surface area (Å²) in [5.41, 5.74) is 4.54. The summed E-state index contributed by atoms with van der Waals surface area (Å²) in [7, 11) is 0. The van der Waals surface area contributed by atoms with Crippen molar-refractivity contribution in [3.05, 3.63) is 122 Å². The van der Waals surface area contributed by atoms with Gasteiger partial charge in [-0.15, -0.1) is 0 Å². The Hall–Kier alpha value is -5.55. The van der Waals surface area contributed by atoms with E-state index in [-0.39, 0.29) is 5.92 Å². The van der Waals surface area contributed by atoms with E-state index in [0.29, 0.717) is 98.6 Å². The second-order valence-corrected chi connectivity index (χ2v) is 20.4. The third kappa shape index (κ3) is 15.3. The minimum atomic E-state index is -0.827. The summed E-state index contributed by atoms with van der Waals surface area (Å²) in [5.74, 6) is 0.954. The Bertz CT molecular complexity index is 2760. The molecule has 3 aliphatic rings. The Balaban J connectivity index is 0.000000167. The monoisotopic (exact) mass is 1110 g/mol. The number of aromatic nitrogens is 6. The molecule has 0 spiro atoms. The molecule has 3 aliphatic heterocycles. The van der Waals surface area contributed by atoms with Gasteiger partial charge in [0.1, 0.15) is 48.5 Å². The van der Waals surface area contributed by atoms with Crippen LogP contribution in [0.5, 0.6) is 0 Å². The van der Waals surface area contributed by atoms with Crippen LogP contribution < -0.4 is 14.7 Å². The van der Waals surface area contributed by atoms with Crippen LogP contribution in [-0.2, 0) is 14.4 Å². The van der Waals surface area contributed by atoms with Crippen LogP contribution in [0.1, 0.15) is 66.2 Å². The molecule has 0 bridgehead atoms. The van der Waals surface area contributed by atoms with Gasteiger partial charge >= 0.3 is 17.9 Å². The van der Waals surface area contributed by atoms with Crippen molar-refractivity contribution >= 4 is 105 Å². The van der Waals surface area contributed by atoms with Gasteiger partial charge in [0, 0.05) is 61.1 Å². The van der Waals surface area contributed by atoms with Crippen molar-refractivity contribution in [2.45, 2.75) is 78.3 Å². The second-order valence-electron chi connectivity index (χ2n) is 17.9. The van der Waals surface area contributed by atoms with Gasteiger partial charge in [-0.05, 0) is 80.3 Å². The van der Waals surface area contributed by atoms with Crippen LogP contribution in [0.2, 0.25) is 30.1 Å². The zero-order valence-corrected chi connectivity index (χ0v) is 45.0. The Morgan fingerprint density at radius 1 is 0.521 bits per heavy atom. The fourth-order valence-corrected chi connectivity index (χ4v) is 9.10. The summed E-state index contributed by atoms with van der Waals surface area (Å²) in [5, 5.41) is 30.4. The first-order chi connectivity index (χ1) is 34.8. The quantitative estimate of drug-likeness (QED) is 0.111. The lowest BCUT2D eigenvalue weighted by molar-refractivity contribution is -0.141. The minimum Gasteiger partial charge on any atom is -0.481 e. The zero-order chi connectivity index (χ0) is 52.9. The molecular weight excluding hydrogens is 1060 g/mol. The van der Waals surface area contributed by atoms with Gasteiger partial charge in [-0.1, -0.05) is 122 Å². The average molecular weight is 1110 g/mol. The Morgan fingerprint density at radius 3 is 1.22 bits per heavy atom. The van der Waals surface area contributed by atoms with Gasteiger partial charge in [-0.2, -0.15) is 0 Å². The van der Waals surface area contributed by atoms with Crippen molar-refractivity contribution in [3.8, 4) is 33.8 Å². The number of hydrogen-bond donors (Lipinski definition) is 3. The van der Waals surface area contributed by atoms with Gasteiger partial charge in [-0.3, -0.25) is 4.79 Å². The lowest BCUT2D eigenvalue weighted by atomic mass is 9.96. The van der Waals surface area contributed by atoms with Crippen molar-refractivity contribution in [2.24, 2.45) is 17.8 Å². The minimum absolute atomic E-state index is 0.344. The SMILES string of the molecule is CCC(C)C(C)C.O=C(O)C1CCCN1c1cc(-c2ccc(Cl)c(Cl)c2)ncn1.O=C(O)C1CCN(c2cc(-c3ccc(Cl)c(Cl)c3)ncn2)C1.O=C(O)[C@@H]1CCCN1c1cc(-c2ccc(Cl)c(Cl)c2)ncn1. The van der Waals surface area contributed by atoms with E-state index >= 15 is 0 Å². The first kappa shape index (κ1) is 56.7. The molecule has 21 heteroatoms. The molecule has 3 saturated heterocycles. The fourth-order valence-electron chi connectivity index (χ4n) is 8.20. The molecule has 3 aromatic carbocycles. The summed E-state index contributed by atoms with van der Waals surface area (Å²) in [6.45, 7) is 11.6. The highest BCUT2D eigenvalue weighted by molar-refractivity contribution is 6.43. The molecule has 0 amide bonds. The predicted molar refractivity (Wildman–Crippen MR) is 291 cm³/mol. The summed E-state index contributed by atoms with van der Waals surface area (Å²) < 4.78 is 0. The molecule has 6 aromatic rings. The molecule has 0 aliphatic carbocycles. The maximum absolute atomic E-state index is 11.3. The number of rotatable bonds is 11. The Morgan fingerprint density at radius 2 is 0.904 bits per heavy atom. The molecule has 9 rings (SSSR count). The first-order valence-electron chi connectivity index (χ1n) is 23.6. The van der Waals surface area contributed by atoms with E-state index < -0.39 is 30.0 Å². The molecule has 4 atom stereocenters. The lowest BCUT2D eigenvalue weighted by Crippen LogP contribution is -2.36. The predicted octanol–water partition coefficient (Wildman–Crippen LogP) is 13.1. The van der Waals surface area contributed by atoms with Gasteiger partial charge in [0.25, 0.3) is 0 Å². The molecule has 3 unspecified atom stereocenters. The van der Waals surface area contributed by atoms with Gasteiger partial charge in [0.2, 0.25) is 0 Å². The number of aliphatic carboxylic acids is 3. The highest BCUT2D eigenvalue weighted by Gasteiger charge is 2.33. The zero-order valence-electron chi connectivity index (χ0n) is 40.5. The highest BCUT2D eigenvalue weighted by atomic mass is 35.5. The van der Waals surface area contributed by atoms with Gasteiger partial charge in [-0.25, -0.2) is 39.5 Å². The highest BCUT2D eigenvalue weighted by Crippen LogP contribution is 2.34. The van der Waals surface area contributed by atoms with Crippen LogP contribution in [0, 0.1) is 17.8 Å². The van der Waals surface area contributed by atoms with Crippen molar-refractivity contribution < 1.29 is 29.7 Å². The summed E-state index contributed by atoms with van der Waals surface area (Å²) in [6.07, 6.45) is 9.21. The molecular formula is C52H55Cl6N9O6. The van der Waals surface area contributed by atoms with Crippen LogP contribution >= 0.6 is 69.6 Å². The molecule has 0 saturated carbocycles. The molecule has 0 radical (unpaired) electrons. The van der Waals surface area contributed by atoms with Crippen molar-refractivity contribution in [3.63, 3.8) is 0 Å². The number of nitrogens with zero attached hydrogens (tertiary/aromatic N) is 9. The Kier molecular flexibility index (Phi) is 20.7. The average Bonchev–Trinajstić information content (AvgIpc) is 4.20. The summed E-state index contributed by atoms with van der Waals surface area (Å²) in [4.78, 5) is 64.6. The number of carboxylic acid groups (broad SMARTS) is 3. The van der Waals surface area contributed by atoms with E-state index in [0.717, 1.165) is 52.9 Å². The molecule has 3 N–H and O–H groups in total. The van der Waals surface area contributed by atoms with E-state index in [9.17, 15) is 24.6 Å². The van der Waals surface area contributed by atoms with E-state index in [1.165, 1.54) is 25.4 Å². The third-order valence-electron chi connectivity index (χ3n) is 12.9. The lowest BCUT2D eigenvalue weighted by Gasteiger charge is -2.22. The van der Waals surface area contributed by atoms with Crippen LogP contribution in [0.3, 0.4) is 0 Å². The van der Waals surface area contributed by atoms with Crippen molar-refractivity contribution in [2.75, 3.05) is 40.9 Å². The van der Waals surface area contributed by atoms with Crippen LogP contribution in [-0.4, -0.2) is 101 Å². The molecule has 6 heterocycles. The van der Waals surface area contributed by atoms with E-state index in [1.807, 2.05) is 29.2 Å². The number of halogens is 6. The fraction of sp³-hybridized carbons (Fsp3) is 0.365. The number of benzene rings is 3. The normalized spacial score (nSPS) is 17.5. The Labute approximate surface area is 454 Å².